The van der Waals surface area contributed by atoms with Gasteiger partial charge in [0.1, 0.15) is 5.75 Å². The van der Waals surface area contributed by atoms with Crippen LogP contribution < -0.4 is 14.4 Å². The molecule has 0 radical (unpaired) electrons. The van der Waals surface area contributed by atoms with Crippen LogP contribution in [0.4, 0.5) is 5.69 Å². The molecule has 37 heavy (non-hydrogen) atoms. The summed E-state index contributed by atoms with van der Waals surface area (Å²) in [4.78, 5) is 13.3. The number of amides is 1. The second kappa shape index (κ2) is 10.7. The Labute approximate surface area is 221 Å². The first-order valence-electron chi connectivity index (χ1n) is 11.9. The first-order chi connectivity index (χ1) is 17.9. The molecule has 4 aromatic carbocycles. The van der Waals surface area contributed by atoms with Crippen molar-refractivity contribution in [3.63, 3.8) is 0 Å². The number of benzene rings is 4. The number of carbonyl (C=O) groups excluding carboxylic acids is 1. The van der Waals surface area contributed by atoms with Crippen molar-refractivity contribution >= 4 is 33.2 Å². The number of rotatable bonds is 7. The van der Waals surface area contributed by atoms with Gasteiger partial charge in [0.05, 0.1) is 40.4 Å². The van der Waals surface area contributed by atoms with Crippen LogP contribution in [0.25, 0.3) is 0 Å². The lowest BCUT2D eigenvalue weighted by molar-refractivity contribution is 0.0924. The number of carbonyl (C=O) groups is 1. The van der Waals surface area contributed by atoms with E-state index in [2.05, 4.69) is 5.32 Å². The SMILES string of the molecule is O=C(NC1CCOc2ccccc21)c1cc(S(=O)(=O)N(Cc2ccccc2)c2ccccc2)ccc1Cl. The molecular formula is C29H25ClN2O4S. The lowest BCUT2D eigenvalue weighted by atomic mass is 10.00. The summed E-state index contributed by atoms with van der Waals surface area (Å²) in [7, 11) is -4.03. The normalized spacial score (nSPS) is 14.8. The van der Waals surface area contributed by atoms with Crippen LogP contribution in [0.3, 0.4) is 0 Å². The van der Waals surface area contributed by atoms with Crippen LogP contribution in [0, 0.1) is 0 Å². The largest absolute Gasteiger partial charge is 0.493 e. The van der Waals surface area contributed by atoms with Gasteiger partial charge < -0.3 is 10.1 Å². The van der Waals surface area contributed by atoms with E-state index in [1.54, 1.807) is 24.3 Å². The maximum Gasteiger partial charge on any atom is 0.264 e. The predicted molar refractivity (Wildman–Crippen MR) is 144 cm³/mol. The van der Waals surface area contributed by atoms with Gasteiger partial charge >= 0.3 is 0 Å². The summed E-state index contributed by atoms with van der Waals surface area (Å²) < 4.78 is 34.8. The molecule has 1 heterocycles. The molecule has 0 aliphatic carbocycles. The van der Waals surface area contributed by atoms with E-state index >= 15 is 0 Å². The fourth-order valence-corrected chi connectivity index (χ4v) is 6.04. The number of hydrogen-bond acceptors (Lipinski definition) is 4. The van der Waals surface area contributed by atoms with Crippen molar-refractivity contribution in [2.75, 3.05) is 10.9 Å². The Kier molecular flexibility index (Phi) is 7.17. The van der Waals surface area contributed by atoms with Crippen LogP contribution in [-0.4, -0.2) is 20.9 Å². The minimum absolute atomic E-state index is 0.0192. The van der Waals surface area contributed by atoms with Crippen molar-refractivity contribution in [3.05, 3.63) is 125 Å². The highest BCUT2D eigenvalue weighted by molar-refractivity contribution is 7.92. The van der Waals surface area contributed by atoms with Crippen molar-refractivity contribution in [2.45, 2.75) is 23.9 Å². The molecule has 1 unspecified atom stereocenters. The monoisotopic (exact) mass is 532 g/mol. The van der Waals surface area contributed by atoms with Crippen molar-refractivity contribution < 1.29 is 17.9 Å². The summed E-state index contributed by atoms with van der Waals surface area (Å²) >= 11 is 6.39. The molecule has 5 rings (SSSR count). The first-order valence-corrected chi connectivity index (χ1v) is 13.7. The Balaban J connectivity index is 1.47. The molecule has 0 bridgehead atoms. The van der Waals surface area contributed by atoms with Gasteiger partial charge in [0, 0.05) is 12.0 Å². The fraction of sp³-hybridized carbons (Fsp3) is 0.138. The van der Waals surface area contributed by atoms with Crippen molar-refractivity contribution in [1.29, 1.82) is 0 Å². The highest BCUT2D eigenvalue weighted by Crippen LogP contribution is 2.33. The number of sulfonamides is 1. The zero-order chi connectivity index (χ0) is 25.8. The van der Waals surface area contributed by atoms with Gasteiger partial charge in [-0.15, -0.1) is 0 Å². The minimum atomic E-state index is -4.03. The lowest BCUT2D eigenvalue weighted by Gasteiger charge is -2.27. The van der Waals surface area contributed by atoms with E-state index in [-0.39, 0.29) is 28.1 Å². The number of hydrogen-bond donors (Lipinski definition) is 1. The van der Waals surface area contributed by atoms with Gasteiger partial charge in [-0.25, -0.2) is 8.42 Å². The van der Waals surface area contributed by atoms with E-state index in [0.29, 0.717) is 18.7 Å². The summed E-state index contributed by atoms with van der Waals surface area (Å²) in [6.07, 6.45) is 0.594. The molecule has 0 saturated heterocycles. The number of halogens is 1. The zero-order valence-corrected chi connectivity index (χ0v) is 21.5. The van der Waals surface area contributed by atoms with Crippen molar-refractivity contribution in [2.24, 2.45) is 0 Å². The van der Waals surface area contributed by atoms with E-state index in [4.69, 9.17) is 16.3 Å². The smallest absolute Gasteiger partial charge is 0.264 e. The Morgan fingerprint density at radius 3 is 2.35 bits per heavy atom. The minimum Gasteiger partial charge on any atom is -0.493 e. The average molecular weight is 533 g/mol. The van der Waals surface area contributed by atoms with E-state index in [1.165, 1.54) is 22.5 Å². The van der Waals surface area contributed by atoms with Crippen LogP contribution in [0.15, 0.2) is 108 Å². The van der Waals surface area contributed by atoms with Crippen molar-refractivity contribution in [3.8, 4) is 5.75 Å². The molecule has 188 valence electrons. The Morgan fingerprint density at radius 2 is 1.59 bits per heavy atom. The van der Waals surface area contributed by atoms with Crippen LogP contribution in [-0.2, 0) is 16.6 Å². The van der Waals surface area contributed by atoms with Gasteiger partial charge in [-0.1, -0.05) is 78.3 Å². The molecule has 0 fully saturated rings. The van der Waals surface area contributed by atoms with Gasteiger partial charge in [0.15, 0.2) is 0 Å². The Hall–Kier alpha value is -3.81. The molecule has 1 aliphatic heterocycles. The summed E-state index contributed by atoms with van der Waals surface area (Å²) in [5, 5.41) is 3.17. The first kappa shape index (κ1) is 24.9. The van der Waals surface area contributed by atoms with Gasteiger partial charge in [-0.3, -0.25) is 9.10 Å². The maximum absolute atomic E-state index is 13.9. The summed E-state index contributed by atoms with van der Waals surface area (Å²) in [5.74, 6) is 0.277. The molecular weight excluding hydrogens is 508 g/mol. The highest BCUT2D eigenvalue weighted by atomic mass is 35.5. The lowest BCUT2D eigenvalue weighted by Crippen LogP contribution is -2.33. The maximum atomic E-state index is 13.9. The van der Waals surface area contributed by atoms with Crippen LogP contribution in [0.2, 0.25) is 5.02 Å². The third-order valence-electron chi connectivity index (χ3n) is 6.25. The Bertz CT molecular complexity index is 1510. The second-order valence-electron chi connectivity index (χ2n) is 8.68. The third-order valence-corrected chi connectivity index (χ3v) is 8.35. The topological polar surface area (TPSA) is 75.7 Å². The molecule has 6 nitrogen and oxygen atoms in total. The third kappa shape index (κ3) is 5.33. The van der Waals surface area contributed by atoms with E-state index < -0.39 is 15.9 Å². The van der Waals surface area contributed by atoms with Crippen LogP contribution in [0.1, 0.15) is 33.9 Å². The molecule has 1 N–H and O–H groups in total. The number of fused-ring (bicyclic) bond motifs is 1. The van der Waals surface area contributed by atoms with Crippen LogP contribution in [0.5, 0.6) is 5.75 Å². The standard InChI is InChI=1S/C29H25ClN2O4S/c30-26-16-15-23(19-25(26)29(33)31-27-17-18-36-28-14-8-7-13-24(27)28)37(34,35)32(22-11-5-2-6-12-22)20-21-9-3-1-4-10-21/h1-16,19,27H,17-18,20H2,(H,31,33). The molecule has 0 aromatic heterocycles. The van der Waals surface area contributed by atoms with Gasteiger partial charge in [-0.2, -0.15) is 0 Å². The van der Waals surface area contributed by atoms with Crippen LogP contribution >= 0.6 is 11.6 Å². The van der Waals surface area contributed by atoms with Crippen molar-refractivity contribution in [1.82, 2.24) is 5.32 Å². The predicted octanol–water partition coefficient (Wildman–Crippen LogP) is 5.99. The highest BCUT2D eigenvalue weighted by Gasteiger charge is 2.28. The summed E-state index contributed by atoms with van der Waals surface area (Å²) in [6, 6.07) is 29.7. The molecule has 4 aromatic rings. The van der Waals surface area contributed by atoms with Gasteiger partial charge in [0.2, 0.25) is 0 Å². The molecule has 0 spiro atoms. The van der Waals surface area contributed by atoms with E-state index in [0.717, 1.165) is 16.9 Å². The average Bonchev–Trinajstić information content (AvgIpc) is 2.93. The number of para-hydroxylation sites is 2. The second-order valence-corrected chi connectivity index (χ2v) is 10.9. The number of anilines is 1. The fourth-order valence-electron chi connectivity index (χ4n) is 4.35. The number of ether oxygens (including phenoxy) is 1. The van der Waals surface area contributed by atoms with E-state index in [1.807, 2.05) is 60.7 Å². The zero-order valence-electron chi connectivity index (χ0n) is 19.9. The summed E-state index contributed by atoms with van der Waals surface area (Å²) in [6.45, 7) is 0.603. The molecule has 8 heteroatoms. The molecule has 0 saturated carbocycles. The number of nitrogens with zero attached hydrogens (tertiary/aromatic N) is 1. The summed E-state index contributed by atoms with van der Waals surface area (Å²) in [5.41, 5.74) is 2.32. The van der Waals surface area contributed by atoms with Gasteiger partial charge in [-0.05, 0) is 42.0 Å². The molecule has 1 atom stereocenters. The Morgan fingerprint density at radius 1 is 0.919 bits per heavy atom. The van der Waals surface area contributed by atoms with E-state index in [9.17, 15) is 13.2 Å². The molecule has 1 aliphatic rings. The molecule has 1 amide bonds. The number of nitrogens with one attached hydrogen (secondary N) is 1. The quantitative estimate of drug-likeness (QED) is 0.317. The van der Waals surface area contributed by atoms with Gasteiger partial charge in [0.25, 0.3) is 15.9 Å².